The Labute approximate surface area is 114 Å². The standard InChI is InChI=1S/C14H12FIO/c1-9-6-13(16)14(17-2)8-12(9)10-4-3-5-11(15)7-10/h3-8H,1-2H3. The molecular formula is C14H12FIO. The molecule has 2 aromatic rings. The van der Waals surface area contributed by atoms with Crippen LogP contribution in [0.2, 0.25) is 0 Å². The molecule has 0 unspecified atom stereocenters. The average molecular weight is 342 g/mol. The van der Waals surface area contributed by atoms with Gasteiger partial charge in [-0.25, -0.2) is 4.39 Å². The molecular weight excluding hydrogens is 330 g/mol. The second kappa shape index (κ2) is 5.04. The highest BCUT2D eigenvalue weighted by Gasteiger charge is 2.08. The molecule has 0 heterocycles. The molecule has 0 atom stereocenters. The third kappa shape index (κ3) is 2.60. The minimum absolute atomic E-state index is 0.223. The second-order valence-electron chi connectivity index (χ2n) is 3.81. The van der Waals surface area contributed by atoms with Gasteiger partial charge in [-0.15, -0.1) is 0 Å². The van der Waals surface area contributed by atoms with Crippen molar-refractivity contribution < 1.29 is 9.13 Å². The molecule has 0 amide bonds. The number of rotatable bonds is 2. The summed E-state index contributed by atoms with van der Waals surface area (Å²) in [5, 5.41) is 0. The largest absolute Gasteiger partial charge is 0.496 e. The Morgan fingerprint density at radius 1 is 1.18 bits per heavy atom. The quantitative estimate of drug-likeness (QED) is 0.735. The fourth-order valence-corrected chi connectivity index (χ4v) is 2.62. The summed E-state index contributed by atoms with van der Waals surface area (Å²) in [5.41, 5.74) is 2.99. The molecule has 0 spiro atoms. The van der Waals surface area contributed by atoms with Crippen LogP contribution in [0.3, 0.4) is 0 Å². The number of ether oxygens (including phenoxy) is 1. The molecule has 0 aliphatic rings. The first-order valence-corrected chi connectivity index (χ1v) is 6.30. The van der Waals surface area contributed by atoms with Gasteiger partial charge in [0.15, 0.2) is 0 Å². The summed E-state index contributed by atoms with van der Waals surface area (Å²) in [7, 11) is 1.64. The summed E-state index contributed by atoms with van der Waals surface area (Å²) in [6, 6.07) is 10.6. The summed E-state index contributed by atoms with van der Waals surface area (Å²) in [6.07, 6.45) is 0. The van der Waals surface area contributed by atoms with Crippen molar-refractivity contribution in [3.63, 3.8) is 0 Å². The molecule has 0 aliphatic heterocycles. The molecule has 3 heteroatoms. The fraction of sp³-hybridized carbons (Fsp3) is 0.143. The van der Waals surface area contributed by atoms with Crippen LogP contribution in [0.5, 0.6) is 5.75 Å². The summed E-state index contributed by atoms with van der Waals surface area (Å²) in [5.74, 6) is 0.592. The van der Waals surface area contributed by atoms with Crippen LogP contribution < -0.4 is 4.74 Å². The van der Waals surface area contributed by atoms with E-state index in [2.05, 4.69) is 22.6 Å². The molecule has 0 radical (unpaired) electrons. The summed E-state index contributed by atoms with van der Waals surface area (Å²) < 4.78 is 19.6. The van der Waals surface area contributed by atoms with E-state index in [9.17, 15) is 4.39 Å². The molecule has 0 saturated carbocycles. The van der Waals surface area contributed by atoms with Gasteiger partial charge in [-0.3, -0.25) is 0 Å². The van der Waals surface area contributed by atoms with E-state index in [1.807, 2.05) is 25.1 Å². The van der Waals surface area contributed by atoms with Crippen molar-refractivity contribution >= 4 is 22.6 Å². The Morgan fingerprint density at radius 2 is 1.94 bits per heavy atom. The lowest BCUT2D eigenvalue weighted by Gasteiger charge is -2.10. The van der Waals surface area contributed by atoms with Crippen molar-refractivity contribution in [2.24, 2.45) is 0 Å². The topological polar surface area (TPSA) is 9.23 Å². The van der Waals surface area contributed by atoms with E-state index >= 15 is 0 Å². The van der Waals surface area contributed by atoms with E-state index in [1.54, 1.807) is 13.2 Å². The molecule has 0 saturated heterocycles. The van der Waals surface area contributed by atoms with Crippen LogP contribution in [0.25, 0.3) is 11.1 Å². The summed E-state index contributed by atoms with van der Waals surface area (Å²) in [6.45, 7) is 2.02. The van der Waals surface area contributed by atoms with Crippen LogP contribution in [-0.4, -0.2) is 7.11 Å². The third-order valence-corrected chi connectivity index (χ3v) is 3.48. The highest BCUT2D eigenvalue weighted by Crippen LogP contribution is 2.31. The predicted octanol–water partition coefficient (Wildman–Crippen LogP) is 4.41. The number of benzene rings is 2. The van der Waals surface area contributed by atoms with E-state index < -0.39 is 0 Å². The van der Waals surface area contributed by atoms with Crippen LogP contribution in [0.15, 0.2) is 36.4 Å². The van der Waals surface area contributed by atoms with Gasteiger partial charge >= 0.3 is 0 Å². The van der Waals surface area contributed by atoms with Gasteiger partial charge < -0.3 is 4.74 Å². The first-order chi connectivity index (χ1) is 8.11. The van der Waals surface area contributed by atoms with Crippen molar-refractivity contribution in [1.82, 2.24) is 0 Å². The number of aryl methyl sites for hydroxylation is 1. The number of halogens is 2. The van der Waals surface area contributed by atoms with E-state index in [0.717, 1.165) is 26.0 Å². The van der Waals surface area contributed by atoms with Gasteiger partial charge in [0, 0.05) is 0 Å². The smallest absolute Gasteiger partial charge is 0.132 e. The van der Waals surface area contributed by atoms with Crippen LogP contribution in [0.4, 0.5) is 4.39 Å². The third-order valence-electron chi connectivity index (χ3n) is 2.63. The molecule has 88 valence electrons. The average Bonchev–Trinajstić information content (AvgIpc) is 2.29. The van der Waals surface area contributed by atoms with Gasteiger partial charge in [0.05, 0.1) is 10.7 Å². The first kappa shape index (κ1) is 12.4. The van der Waals surface area contributed by atoms with Crippen LogP contribution in [-0.2, 0) is 0 Å². The zero-order chi connectivity index (χ0) is 12.4. The molecule has 2 aromatic carbocycles. The lowest BCUT2D eigenvalue weighted by molar-refractivity contribution is 0.412. The fourth-order valence-electron chi connectivity index (χ4n) is 1.78. The Hall–Kier alpha value is -1.10. The molecule has 0 bridgehead atoms. The normalized spacial score (nSPS) is 10.4. The van der Waals surface area contributed by atoms with Gasteiger partial charge in [0.25, 0.3) is 0 Å². The molecule has 1 nitrogen and oxygen atoms in total. The van der Waals surface area contributed by atoms with E-state index in [-0.39, 0.29) is 5.82 Å². The van der Waals surface area contributed by atoms with Gasteiger partial charge in [-0.2, -0.15) is 0 Å². The lowest BCUT2D eigenvalue weighted by atomic mass is 10.0. The zero-order valence-corrected chi connectivity index (χ0v) is 11.8. The molecule has 0 aliphatic carbocycles. The number of methoxy groups -OCH3 is 1. The minimum atomic E-state index is -0.223. The monoisotopic (exact) mass is 342 g/mol. The molecule has 0 N–H and O–H groups in total. The highest BCUT2D eigenvalue weighted by atomic mass is 127. The van der Waals surface area contributed by atoms with Gasteiger partial charge in [-0.1, -0.05) is 12.1 Å². The summed E-state index contributed by atoms with van der Waals surface area (Å²) >= 11 is 2.23. The Kier molecular flexibility index (Phi) is 3.66. The van der Waals surface area contributed by atoms with Gasteiger partial charge in [-0.05, 0) is 70.5 Å². The Bertz CT molecular complexity index is 552. The number of hydrogen-bond acceptors (Lipinski definition) is 1. The van der Waals surface area contributed by atoms with E-state index in [0.29, 0.717) is 0 Å². The van der Waals surface area contributed by atoms with Crippen molar-refractivity contribution in [1.29, 1.82) is 0 Å². The maximum Gasteiger partial charge on any atom is 0.132 e. The number of hydrogen-bond donors (Lipinski definition) is 0. The minimum Gasteiger partial charge on any atom is -0.496 e. The lowest BCUT2D eigenvalue weighted by Crippen LogP contribution is -1.91. The van der Waals surface area contributed by atoms with Crippen molar-refractivity contribution in [3.05, 3.63) is 51.3 Å². The molecule has 0 aromatic heterocycles. The maximum atomic E-state index is 13.2. The van der Waals surface area contributed by atoms with Crippen LogP contribution >= 0.6 is 22.6 Å². The van der Waals surface area contributed by atoms with E-state index in [1.165, 1.54) is 12.1 Å². The highest BCUT2D eigenvalue weighted by molar-refractivity contribution is 14.1. The molecule has 17 heavy (non-hydrogen) atoms. The first-order valence-electron chi connectivity index (χ1n) is 5.22. The molecule has 2 rings (SSSR count). The van der Waals surface area contributed by atoms with Crippen molar-refractivity contribution in [2.45, 2.75) is 6.92 Å². The maximum absolute atomic E-state index is 13.2. The Morgan fingerprint density at radius 3 is 2.59 bits per heavy atom. The van der Waals surface area contributed by atoms with Crippen LogP contribution in [0, 0.1) is 16.3 Å². The SMILES string of the molecule is COc1cc(-c2cccc(F)c2)c(C)cc1I. The summed E-state index contributed by atoms with van der Waals surface area (Å²) in [4.78, 5) is 0. The predicted molar refractivity (Wildman–Crippen MR) is 75.8 cm³/mol. The van der Waals surface area contributed by atoms with Gasteiger partial charge in [0.1, 0.15) is 11.6 Å². The van der Waals surface area contributed by atoms with Crippen molar-refractivity contribution in [3.8, 4) is 16.9 Å². The van der Waals surface area contributed by atoms with Crippen LogP contribution in [0.1, 0.15) is 5.56 Å². The van der Waals surface area contributed by atoms with E-state index in [4.69, 9.17) is 4.74 Å². The Balaban J connectivity index is 2.59. The zero-order valence-electron chi connectivity index (χ0n) is 9.63. The second-order valence-corrected chi connectivity index (χ2v) is 4.97. The van der Waals surface area contributed by atoms with Gasteiger partial charge in [0.2, 0.25) is 0 Å². The van der Waals surface area contributed by atoms with Crippen molar-refractivity contribution in [2.75, 3.05) is 7.11 Å². The molecule has 0 fully saturated rings.